The number of hydrogen-bond acceptors (Lipinski definition) is 4. The number of nitrogens with two attached hydrogens (primary N) is 1. The minimum atomic E-state index is -0.123. The first-order valence-corrected chi connectivity index (χ1v) is 7.09. The van der Waals surface area contributed by atoms with E-state index in [1.54, 1.807) is 24.3 Å². The second-order valence-corrected chi connectivity index (χ2v) is 5.31. The summed E-state index contributed by atoms with van der Waals surface area (Å²) in [4.78, 5) is 13.1. The molecule has 20 heavy (non-hydrogen) atoms. The first-order chi connectivity index (χ1) is 9.60. The molecule has 0 radical (unpaired) electrons. The third-order valence-corrected chi connectivity index (χ3v) is 3.63. The molecule has 0 aliphatic rings. The third-order valence-electron chi connectivity index (χ3n) is 2.70. The summed E-state index contributed by atoms with van der Waals surface area (Å²) >= 11 is 1.57. The molecule has 1 amide bonds. The first kappa shape index (κ1) is 14.4. The number of furan rings is 1. The highest BCUT2D eigenvalue weighted by molar-refractivity contribution is 7.10. The van der Waals surface area contributed by atoms with E-state index in [0.29, 0.717) is 24.4 Å². The van der Waals surface area contributed by atoms with Gasteiger partial charge in [0.25, 0.3) is 5.91 Å². The smallest absolute Gasteiger partial charge is 0.255 e. The fourth-order valence-corrected chi connectivity index (χ4v) is 2.57. The third kappa shape index (κ3) is 3.50. The molecule has 0 bridgehead atoms. The van der Waals surface area contributed by atoms with E-state index >= 15 is 0 Å². The van der Waals surface area contributed by atoms with Crippen LogP contribution in [0.1, 0.15) is 32.3 Å². The molecule has 0 spiro atoms. The van der Waals surface area contributed by atoms with E-state index in [1.807, 2.05) is 18.4 Å². The van der Waals surface area contributed by atoms with Crippen LogP contribution in [0.25, 0.3) is 0 Å². The maximum atomic E-state index is 12.0. The zero-order valence-electron chi connectivity index (χ0n) is 11.4. The van der Waals surface area contributed by atoms with Crippen molar-refractivity contribution in [2.24, 2.45) is 5.73 Å². The molecular formula is C15H16N2O2S. The highest BCUT2D eigenvalue weighted by Crippen LogP contribution is 2.16. The molecule has 5 heteroatoms. The average molecular weight is 288 g/mol. The quantitative estimate of drug-likeness (QED) is 0.851. The highest BCUT2D eigenvalue weighted by Gasteiger charge is 2.13. The minimum absolute atomic E-state index is 0.123. The summed E-state index contributed by atoms with van der Waals surface area (Å²) in [6.07, 6.45) is 0. The fourth-order valence-electron chi connectivity index (χ4n) is 1.81. The zero-order valence-corrected chi connectivity index (χ0v) is 12.3. The molecule has 2 aromatic heterocycles. The van der Waals surface area contributed by atoms with Crippen molar-refractivity contribution < 1.29 is 9.21 Å². The van der Waals surface area contributed by atoms with Crippen LogP contribution in [0.2, 0.25) is 0 Å². The summed E-state index contributed by atoms with van der Waals surface area (Å²) in [5.74, 6) is 7.02. The van der Waals surface area contributed by atoms with Crippen LogP contribution in [0.3, 0.4) is 0 Å². The standard InChI is InChI=1S/C15H16N2O2S/c1-10-6-14(11(2)19-10)15(18)17-8-13-7-12(9-20-13)4-3-5-16/h6-7,9H,5,8,16H2,1-2H3,(H,17,18). The van der Waals surface area contributed by atoms with Crippen molar-refractivity contribution in [3.05, 3.63) is 45.0 Å². The Bertz CT molecular complexity index is 674. The molecular weight excluding hydrogens is 272 g/mol. The van der Waals surface area contributed by atoms with Gasteiger partial charge in [-0.2, -0.15) is 0 Å². The van der Waals surface area contributed by atoms with Gasteiger partial charge in [0.15, 0.2) is 0 Å². The number of rotatable bonds is 3. The van der Waals surface area contributed by atoms with Gasteiger partial charge in [-0.1, -0.05) is 11.8 Å². The predicted molar refractivity (Wildman–Crippen MR) is 79.6 cm³/mol. The number of carbonyl (C=O) groups is 1. The van der Waals surface area contributed by atoms with Gasteiger partial charge in [-0.3, -0.25) is 4.79 Å². The molecule has 2 rings (SSSR count). The molecule has 0 saturated heterocycles. The van der Waals surface area contributed by atoms with Crippen LogP contribution in [0, 0.1) is 25.7 Å². The summed E-state index contributed by atoms with van der Waals surface area (Å²) in [7, 11) is 0. The lowest BCUT2D eigenvalue weighted by atomic mass is 10.2. The molecule has 2 aromatic rings. The Morgan fingerprint density at radius 3 is 2.90 bits per heavy atom. The van der Waals surface area contributed by atoms with Crippen LogP contribution in [0.4, 0.5) is 0 Å². The number of thiophene rings is 1. The number of amides is 1. The van der Waals surface area contributed by atoms with Crippen molar-refractivity contribution >= 4 is 17.2 Å². The van der Waals surface area contributed by atoms with Crippen molar-refractivity contribution in [2.45, 2.75) is 20.4 Å². The predicted octanol–water partition coefficient (Wildman–Crippen LogP) is 2.20. The molecule has 3 N–H and O–H groups in total. The van der Waals surface area contributed by atoms with Crippen LogP contribution in [-0.2, 0) is 6.54 Å². The second-order valence-electron chi connectivity index (χ2n) is 4.32. The molecule has 0 aromatic carbocycles. The van der Waals surface area contributed by atoms with Gasteiger partial charge < -0.3 is 15.5 Å². The summed E-state index contributed by atoms with van der Waals surface area (Å²) in [6, 6.07) is 3.71. The Morgan fingerprint density at radius 1 is 1.45 bits per heavy atom. The normalized spacial score (nSPS) is 9.95. The lowest BCUT2D eigenvalue weighted by molar-refractivity contribution is 0.0950. The van der Waals surface area contributed by atoms with E-state index < -0.39 is 0 Å². The van der Waals surface area contributed by atoms with Gasteiger partial charge >= 0.3 is 0 Å². The summed E-state index contributed by atoms with van der Waals surface area (Å²) < 4.78 is 5.35. The van der Waals surface area contributed by atoms with E-state index in [1.165, 1.54) is 0 Å². The monoisotopic (exact) mass is 288 g/mol. The van der Waals surface area contributed by atoms with Crippen molar-refractivity contribution in [3.8, 4) is 11.8 Å². The number of carbonyl (C=O) groups excluding carboxylic acids is 1. The van der Waals surface area contributed by atoms with E-state index in [2.05, 4.69) is 17.2 Å². The van der Waals surface area contributed by atoms with Crippen LogP contribution in [0.15, 0.2) is 21.9 Å². The number of aryl methyl sites for hydroxylation is 2. The Morgan fingerprint density at radius 2 is 2.25 bits per heavy atom. The van der Waals surface area contributed by atoms with Crippen molar-refractivity contribution in [2.75, 3.05) is 6.54 Å². The Hall–Kier alpha value is -2.03. The molecule has 0 aliphatic carbocycles. The fraction of sp³-hybridized carbons (Fsp3) is 0.267. The van der Waals surface area contributed by atoms with Gasteiger partial charge in [-0.05, 0) is 26.0 Å². The van der Waals surface area contributed by atoms with E-state index in [4.69, 9.17) is 10.2 Å². The topological polar surface area (TPSA) is 68.3 Å². The molecule has 104 valence electrons. The number of hydrogen-bond donors (Lipinski definition) is 2. The zero-order chi connectivity index (χ0) is 14.5. The molecule has 0 unspecified atom stereocenters. The Balaban J connectivity index is 1.96. The highest BCUT2D eigenvalue weighted by atomic mass is 32.1. The van der Waals surface area contributed by atoms with Crippen LogP contribution in [0.5, 0.6) is 0 Å². The Labute approximate surface area is 122 Å². The molecule has 0 saturated carbocycles. The van der Waals surface area contributed by atoms with Gasteiger partial charge in [0, 0.05) is 15.8 Å². The molecule has 0 aliphatic heterocycles. The lowest BCUT2D eigenvalue weighted by Crippen LogP contribution is -2.22. The summed E-state index contributed by atoms with van der Waals surface area (Å²) in [5, 5.41) is 4.83. The van der Waals surface area contributed by atoms with Gasteiger partial charge in [-0.15, -0.1) is 11.3 Å². The Kier molecular flexibility index (Phi) is 4.61. The van der Waals surface area contributed by atoms with E-state index in [-0.39, 0.29) is 5.91 Å². The van der Waals surface area contributed by atoms with E-state index in [0.717, 1.165) is 16.2 Å². The number of nitrogens with one attached hydrogen (secondary N) is 1. The summed E-state index contributed by atoms with van der Waals surface area (Å²) in [5.41, 5.74) is 6.84. The maximum Gasteiger partial charge on any atom is 0.255 e. The minimum Gasteiger partial charge on any atom is -0.466 e. The average Bonchev–Trinajstić information content (AvgIpc) is 3.00. The molecule has 2 heterocycles. The van der Waals surface area contributed by atoms with Crippen molar-refractivity contribution in [1.82, 2.24) is 5.32 Å². The maximum absolute atomic E-state index is 12.0. The van der Waals surface area contributed by atoms with Gasteiger partial charge in [0.2, 0.25) is 0 Å². The summed E-state index contributed by atoms with van der Waals surface area (Å²) in [6.45, 7) is 4.44. The molecule has 0 atom stereocenters. The van der Waals surface area contributed by atoms with Gasteiger partial charge in [0.1, 0.15) is 11.5 Å². The van der Waals surface area contributed by atoms with Gasteiger partial charge in [0.05, 0.1) is 18.7 Å². The molecule has 0 fully saturated rings. The second kappa shape index (κ2) is 6.42. The lowest BCUT2D eigenvalue weighted by Gasteiger charge is -2.01. The van der Waals surface area contributed by atoms with Crippen LogP contribution in [-0.4, -0.2) is 12.5 Å². The van der Waals surface area contributed by atoms with Crippen LogP contribution >= 0.6 is 11.3 Å². The van der Waals surface area contributed by atoms with E-state index in [9.17, 15) is 4.79 Å². The first-order valence-electron chi connectivity index (χ1n) is 6.21. The van der Waals surface area contributed by atoms with Crippen molar-refractivity contribution in [3.63, 3.8) is 0 Å². The van der Waals surface area contributed by atoms with Gasteiger partial charge in [-0.25, -0.2) is 0 Å². The largest absolute Gasteiger partial charge is 0.466 e. The van der Waals surface area contributed by atoms with Crippen molar-refractivity contribution in [1.29, 1.82) is 0 Å². The SMILES string of the molecule is Cc1cc(C(=O)NCc2cc(C#CCN)cs2)c(C)o1. The molecule has 4 nitrogen and oxygen atoms in total. The van der Waals surface area contributed by atoms with Crippen LogP contribution < -0.4 is 11.1 Å².